The average Bonchev–Trinajstić information content (AvgIpc) is 3.11. The number of nitrogens with zero attached hydrogens (tertiary/aromatic N) is 1. The Morgan fingerprint density at radius 3 is 2.71 bits per heavy atom. The number of halogens is 1. The molecule has 1 aromatic carbocycles. The van der Waals surface area contributed by atoms with Crippen LogP contribution in [0, 0.1) is 5.92 Å². The second-order valence-electron chi connectivity index (χ2n) is 6.16. The van der Waals surface area contributed by atoms with E-state index < -0.39 is 0 Å². The van der Waals surface area contributed by atoms with E-state index in [2.05, 4.69) is 47.5 Å². The third-order valence-corrected chi connectivity index (χ3v) is 4.90. The molecular weight excluding hydrogens is 284 g/mol. The van der Waals surface area contributed by atoms with Gasteiger partial charge >= 0.3 is 0 Å². The lowest BCUT2D eigenvalue weighted by atomic mass is 9.93. The first kappa shape index (κ1) is 16.3. The zero-order valence-corrected chi connectivity index (χ0v) is 13.4. The summed E-state index contributed by atoms with van der Waals surface area (Å²) in [6, 6.07) is 11.1. The Bertz CT molecular complexity index is 459. The van der Waals surface area contributed by atoms with Crippen LogP contribution in [0.3, 0.4) is 0 Å². The SMILES string of the molecule is CC1C(Cc2ccccc2)CCN1C(=O)[C@@H]1CCCN1.Cl. The van der Waals surface area contributed by atoms with Gasteiger partial charge in [-0.15, -0.1) is 12.4 Å². The minimum absolute atomic E-state index is 0. The summed E-state index contributed by atoms with van der Waals surface area (Å²) in [4.78, 5) is 14.6. The van der Waals surface area contributed by atoms with Crippen molar-refractivity contribution in [1.29, 1.82) is 0 Å². The van der Waals surface area contributed by atoms with Gasteiger partial charge in [-0.2, -0.15) is 0 Å². The molecule has 0 spiro atoms. The van der Waals surface area contributed by atoms with Crippen LogP contribution < -0.4 is 5.32 Å². The van der Waals surface area contributed by atoms with Gasteiger partial charge in [0.25, 0.3) is 0 Å². The summed E-state index contributed by atoms with van der Waals surface area (Å²) >= 11 is 0. The van der Waals surface area contributed by atoms with Crippen LogP contribution in [0.4, 0.5) is 0 Å². The van der Waals surface area contributed by atoms with Crippen molar-refractivity contribution in [2.45, 2.75) is 44.7 Å². The van der Waals surface area contributed by atoms with Gasteiger partial charge in [0.1, 0.15) is 0 Å². The summed E-state index contributed by atoms with van der Waals surface area (Å²) in [6.07, 6.45) is 4.36. The molecule has 1 amide bonds. The maximum Gasteiger partial charge on any atom is 0.239 e. The summed E-state index contributed by atoms with van der Waals surface area (Å²) in [5.41, 5.74) is 1.39. The van der Waals surface area contributed by atoms with Gasteiger partial charge < -0.3 is 10.2 Å². The molecule has 2 saturated heterocycles. The van der Waals surface area contributed by atoms with E-state index in [1.54, 1.807) is 0 Å². The molecule has 4 heteroatoms. The summed E-state index contributed by atoms with van der Waals surface area (Å²) in [7, 11) is 0. The Labute approximate surface area is 133 Å². The lowest BCUT2D eigenvalue weighted by Gasteiger charge is -2.27. The molecule has 0 aromatic heterocycles. The zero-order valence-electron chi connectivity index (χ0n) is 12.6. The van der Waals surface area contributed by atoms with E-state index in [1.165, 1.54) is 5.56 Å². The number of carbonyl (C=O) groups excluding carboxylic acids is 1. The Kier molecular flexibility index (Phi) is 5.65. The Morgan fingerprint density at radius 2 is 2.05 bits per heavy atom. The predicted octanol–water partition coefficient (Wildman–Crippen LogP) is 2.64. The third kappa shape index (κ3) is 3.58. The molecule has 3 atom stereocenters. The zero-order chi connectivity index (χ0) is 13.9. The third-order valence-electron chi connectivity index (χ3n) is 4.90. The Balaban J connectivity index is 0.00000161. The van der Waals surface area contributed by atoms with Gasteiger partial charge in [0.2, 0.25) is 5.91 Å². The molecule has 21 heavy (non-hydrogen) atoms. The van der Waals surface area contributed by atoms with E-state index >= 15 is 0 Å². The van der Waals surface area contributed by atoms with E-state index in [4.69, 9.17) is 0 Å². The van der Waals surface area contributed by atoms with Gasteiger partial charge in [-0.25, -0.2) is 0 Å². The van der Waals surface area contributed by atoms with Crippen molar-refractivity contribution >= 4 is 18.3 Å². The van der Waals surface area contributed by atoms with Crippen LogP contribution in [-0.4, -0.2) is 36.0 Å². The van der Waals surface area contributed by atoms with Crippen LogP contribution in [-0.2, 0) is 11.2 Å². The van der Waals surface area contributed by atoms with Gasteiger partial charge in [0, 0.05) is 12.6 Å². The van der Waals surface area contributed by atoms with Gasteiger partial charge in [-0.3, -0.25) is 4.79 Å². The molecule has 1 N–H and O–H groups in total. The van der Waals surface area contributed by atoms with Gasteiger partial charge in [0.15, 0.2) is 0 Å². The highest BCUT2D eigenvalue weighted by molar-refractivity contribution is 5.85. The number of nitrogens with one attached hydrogen (secondary N) is 1. The lowest BCUT2D eigenvalue weighted by molar-refractivity contribution is -0.133. The number of amides is 1. The van der Waals surface area contributed by atoms with Gasteiger partial charge in [-0.05, 0) is 50.6 Å². The molecule has 2 unspecified atom stereocenters. The predicted molar refractivity (Wildman–Crippen MR) is 87.7 cm³/mol. The van der Waals surface area contributed by atoms with Gasteiger partial charge in [0.05, 0.1) is 6.04 Å². The lowest BCUT2D eigenvalue weighted by Crippen LogP contribution is -2.46. The summed E-state index contributed by atoms with van der Waals surface area (Å²) in [6.45, 7) is 4.13. The first-order valence-corrected chi connectivity index (χ1v) is 7.83. The fraction of sp³-hybridized carbons (Fsp3) is 0.588. The Hall–Kier alpha value is -1.06. The quantitative estimate of drug-likeness (QED) is 0.931. The molecule has 0 radical (unpaired) electrons. The van der Waals surface area contributed by atoms with Crippen molar-refractivity contribution in [1.82, 2.24) is 10.2 Å². The minimum Gasteiger partial charge on any atom is -0.338 e. The van der Waals surface area contributed by atoms with Crippen molar-refractivity contribution in [2.24, 2.45) is 5.92 Å². The van der Waals surface area contributed by atoms with E-state index in [0.29, 0.717) is 17.9 Å². The topological polar surface area (TPSA) is 32.3 Å². The highest BCUT2D eigenvalue weighted by Crippen LogP contribution is 2.28. The van der Waals surface area contributed by atoms with E-state index in [0.717, 1.165) is 38.8 Å². The molecule has 2 aliphatic rings. The minimum atomic E-state index is 0. The molecule has 3 rings (SSSR count). The number of hydrogen-bond donors (Lipinski definition) is 1. The number of benzene rings is 1. The number of rotatable bonds is 3. The van der Waals surface area contributed by atoms with Crippen molar-refractivity contribution in [3.05, 3.63) is 35.9 Å². The molecule has 3 nitrogen and oxygen atoms in total. The largest absolute Gasteiger partial charge is 0.338 e. The number of carbonyl (C=O) groups is 1. The first-order valence-electron chi connectivity index (χ1n) is 7.83. The fourth-order valence-corrected chi connectivity index (χ4v) is 3.60. The van der Waals surface area contributed by atoms with Crippen LogP contribution in [0.2, 0.25) is 0 Å². The molecule has 2 aliphatic heterocycles. The van der Waals surface area contributed by atoms with Crippen LogP contribution in [0.5, 0.6) is 0 Å². The molecule has 0 saturated carbocycles. The van der Waals surface area contributed by atoms with E-state index in [1.807, 2.05) is 0 Å². The second kappa shape index (κ2) is 7.28. The highest BCUT2D eigenvalue weighted by atomic mass is 35.5. The summed E-state index contributed by atoms with van der Waals surface area (Å²) < 4.78 is 0. The molecule has 0 aliphatic carbocycles. The molecular formula is C17H25ClN2O. The van der Waals surface area contributed by atoms with Crippen LogP contribution in [0.25, 0.3) is 0 Å². The van der Waals surface area contributed by atoms with E-state index in [-0.39, 0.29) is 18.4 Å². The van der Waals surface area contributed by atoms with Crippen molar-refractivity contribution in [3.63, 3.8) is 0 Å². The van der Waals surface area contributed by atoms with Crippen molar-refractivity contribution in [2.75, 3.05) is 13.1 Å². The Morgan fingerprint density at radius 1 is 1.29 bits per heavy atom. The molecule has 2 fully saturated rings. The van der Waals surface area contributed by atoms with E-state index in [9.17, 15) is 4.79 Å². The van der Waals surface area contributed by atoms with Gasteiger partial charge in [-0.1, -0.05) is 30.3 Å². The maximum absolute atomic E-state index is 12.5. The first-order chi connectivity index (χ1) is 9.75. The summed E-state index contributed by atoms with van der Waals surface area (Å²) in [5, 5.41) is 3.33. The monoisotopic (exact) mass is 308 g/mol. The maximum atomic E-state index is 12.5. The summed E-state index contributed by atoms with van der Waals surface area (Å²) in [5.74, 6) is 0.924. The molecule has 1 aromatic rings. The second-order valence-corrected chi connectivity index (χ2v) is 6.16. The number of likely N-dealkylation sites (tertiary alicyclic amines) is 1. The van der Waals surface area contributed by atoms with Crippen LogP contribution in [0.1, 0.15) is 31.7 Å². The van der Waals surface area contributed by atoms with Crippen LogP contribution in [0.15, 0.2) is 30.3 Å². The smallest absolute Gasteiger partial charge is 0.239 e. The molecule has 116 valence electrons. The molecule has 0 bridgehead atoms. The van der Waals surface area contributed by atoms with Crippen LogP contribution >= 0.6 is 12.4 Å². The normalized spacial score (nSPS) is 28.4. The molecule has 2 heterocycles. The average molecular weight is 309 g/mol. The van der Waals surface area contributed by atoms with Crippen molar-refractivity contribution < 1.29 is 4.79 Å². The standard InChI is InChI=1S/C17H24N2O.ClH/c1-13-15(12-14-6-3-2-4-7-14)9-11-19(13)17(20)16-8-5-10-18-16;/h2-4,6-7,13,15-16,18H,5,8-12H2,1H3;1H/t13?,15?,16-;/m0./s1. The van der Waals surface area contributed by atoms with Crippen molar-refractivity contribution in [3.8, 4) is 0 Å². The highest BCUT2D eigenvalue weighted by Gasteiger charge is 2.37. The fourth-order valence-electron chi connectivity index (χ4n) is 3.60. The number of hydrogen-bond acceptors (Lipinski definition) is 2.